The second-order valence-electron chi connectivity index (χ2n) is 8.20. The standard InChI is InChI=1S/C22H27BrN4O5S/c1-13(2)19-18(22(29)32-5)20(25-15(4)24-19)21(28)26-10-11-27(14(3)12-26)33(30,31)17-8-6-16(23)7-9-17/h6-9,13-14H,10-12H2,1-5H3. The molecule has 1 amide bonds. The number of carbonyl (C=O) groups is 2. The maximum absolute atomic E-state index is 13.4. The molecule has 1 saturated heterocycles. The molecule has 0 aliphatic carbocycles. The number of piperazine rings is 1. The number of hydrogen-bond acceptors (Lipinski definition) is 7. The topological polar surface area (TPSA) is 110 Å². The fourth-order valence-corrected chi connectivity index (χ4v) is 5.72. The number of aromatic nitrogens is 2. The molecule has 1 aliphatic heterocycles. The lowest BCUT2D eigenvalue weighted by atomic mass is 10.0. The second-order valence-corrected chi connectivity index (χ2v) is 11.0. The molecule has 0 bridgehead atoms. The zero-order chi connectivity index (χ0) is 24.5. The lowest BCUT2D eigenvalue weighted by Gasteiger charge is -2.39. The minimum absolute atomic E-state index is 0.0190. The van der Waals surface area contributed by atoms with Gasteiger partial charge >= 0.3 is 5.97 Å². The Labute approximate surface area is 202 Å². The van der Waals surface area contributed by atoms with E-state index in [1.165, 1.54) is 16.3 Å². The van der Waals surface area contributed by atoms with Gasteiger partial charge in [-0.15, -0.1) is 0 Å². The van der Waals surface area contributed by atoms with E-state index in [-0.39, 0.29) is 41.7 Å². The van der Waals surface area contributed by atoms with Gasteiger partial charge in [0.05, 0.1) is 17.7 Å². The highest BCUT2D eigenvalue weighted by Crippen LogP contribution is 2.26. The number of sulfonamides is 1. The van der Waals surface area contributed by atoms with E-state index < -0.39 is 27.9 Å². The number of esters is 1. The highest BCUT2D eigenvalue weighted by atomic mass is 79.9. The van der Waals surface area contributed by atoms with Crippen LogP contribution in [0.1, 0.15) is 59.1 Å². The molecule has 9 nitrogen and oxygen atoms in total. The van der Waals surface area contributed by atoms with E-state index in [4.69, 9.17) is 4.74 Å². The van der Waals surface area contributed by atoms with E-state index in [0.717, 1.165) is 4.47 Å². The van der Waals surface area contributed by atoms with Crippen molar-refractivity contribution in [3.63, 3.8) is 0 Å². The minimum Gasteiger partial charge on any atom is -0.465 e. The summed E-state index contributed by atoms with van der Waals surface area (Å²) >= 11 is 3.31. The van der Waals surface area contributed by atoms with Crippen LogP contribution in [0.5, 0.6) is 0 Å². The molecule has 3 rings (SSSR count). The summed E-state index contributed by atoms with van der Waals surface area (Å²) in [6.07, 6.45) is 0. The molecule has 2 heterocycles. The Morgan fingerprint density at radius 2 is 1.79 bits per heavy atom. The van der Waals surface area contributed by atoms with Gasteiger partial charge in [0, 0.05) is 30.1 Å². The van der Waals surface area contributed by atoms with Crippen LogP contribution in [0.2, 0.25) is 0 Å². The van der Waals surface area contributed by atoms with Crippen molar-refractivity contribution < 1.29 is 22.7 Å². The van der Waals surface area contributed by atoms with Crippen molar-refractivity contribution in [3.8, 4) is 0 Å². The normalized spacial score (nSPS) is 17.3. The molecule has 1 fully saturated rings. The molecule has 1 unspecified atom stereocenters. The van der Waals surface area contributed by atoms with Crippen LogP contribution in [-0.4, -0.2) is 72.3 Å². The maximum Gasteiger partial charge on any atom is 0.342 e. The van der Waals surface area contributed by atoms with E-state index in [2.05, 4.69) is 25.9 Å². The van der Waals surface area contributed by atoms with Crippen LogP contribution in [0.4, 0.5) is 0 Å². The van der Waals surface area contributed by atoms with Crippen LogP contribution in [0.3, 0.4) is 0 Å². The van der Waals surface area contributed by atoms with Gasteiger partial charge in [-0.25, -0.2) is 23.2 Å². The first-order valence-electron chi connectivity index (χ1n) is 10.5. The van der Waals surface area contributed by atoms with Crippen molar-refractivity contribution in [2.75, 3.05) is 26.7 Å². The van der Waals surface area contributed by atoms with Crippen molar-refractivity contribution in [2.45, 2.75) is 44.6 Å². The molecule has 2 aromatic rings. The summed E-state index contributed by atoms with van der Waals surface area (Å²) in [4.78, 5) is 36.3. The Kier molecular flexibility index (Phi) is 7.55. The number of aryl methyl sites for hydroxylation is 1. The molecule has 11 heteroatoms. The summed E-state index contributed by atoms with van der Waals surface area (Å²) in [6.45, 7) is 7.61. The highest BCUT2D eigenvalue weighted by Gasteiger charge is 2.37. The second kappa shape index (κ2) is 9.86. The van der Waals surface area contributed by atoms with E-state index in [0.29, 0.717) is 11.5 Å². The Morgan fingerprint density at radius 3 is 2.33 bits per heavy atom. The number of halogens is 1. The van der Waals surface area contributed by atoms with Gasteiger partial charge < -0.3 is 9.64 Å². The molecule has 0 spiro atoms. The fourth-order valence-electron chi connectivity index (χ4n) is 3.84. The van der Waals surface area contributed by atoms with Crippen LogP contribution in [0, 0.1) is 6.92 Å². The molecular formula is C22H27BrN4O5S. The van der Waals surface area contributed by atoms with E-state index in [1.807, 2.05) is 13.8 Å². The SMILES string of the molecule is COC(=O)c1c(C(=O)N2CCN(S(=O)(=O)c3ccc(Br)cc3)C(C)C2)nc(C)nc1C(C)C. The number of ether oxygens (including phenoxy) is 1. The number of hydrogen-bond donors (Lipinski definition) is 0. The average molecular weight is 539 g/mol. The van der Waals surface area contributed by atoms with E-state index in [9.17, 15) is 18.0 Å². The average Bonchev–Trinajstić information content (AvgIpc) is 2.77. The summed E-state index contributed by atoms with van der Waals surface area (Å²) in [6, 6.07) is 5.97. The summed E-state index contributed by atoms with van der Waals surface area (Å²) in [5, 5.41) is 0. The summed E-state index contributed by atoms with van der Waals surface area (Å²) in [7, 11) is -2.47. The van der Waals surface area contributed by atoms with Gasteiger partial charge in [0.1, 0.15) is 17.1 Å². The van der Waals surface area contributed by atoms with E-state index in [1.54, 1.807) is 38.1 Å². The lowest BCUT2D eigenvalue weighted by molar-refractivity contribution is 0.0569. The molecule has 33 heavy (non-hydrogen) atoms. The summed E-state index contributed by atoms with van der Waals surface area (Å²) in [5.74, 6) is -0.875. The van der Waals surface area contributed by atoms with Gasteiger partial charge in [-0.1, -0.05) is 29.8 Å². The van der Waals surface area contributed by atoms with Crippen LogP contribution in [0.15, 0.2) is 33.6 Å². The first-order chi connectivity index (χ1) is 15.5. The van der Waals surface area contributed by atoms with Crippen LogP contribution in [-0.2, 0) is 14.8 Å². The summed E-state index contributed by atoms with van der Waals surface area (Å²) < 4.78 is 33.3. The van der Waals surface area contributed by atoms with Crippen molar-refractivity contribution in [1.29, 1.82) is 0 Å². The van der Waals surface area contributed by atoms with Crippen molar-refractivity contribution in [3.05, 3.63) is 51.5 Å². The quantitative estimate of drug-likeness (QED) is 0.538. The summed E-state index contributed by atoms with van der Waals surface area (Å²) in [5.41, 5.74) is 0.484. The maximum atomic E-state index is 13.4. The molecule has 0 saturated carbocycles. The van der Waals surface area contributed by atoms with Crippen LogP contribution >= 0.6 is 15.9 Å². The lowest BCUT2D eigenvalue weighted by Crippen LogP contribution is -2.55. The molecule has 1 atom stereocenters. The zero-order valence-corrected chi connectivity index (χ0v) is 21.6. The van der Waals surface area contributed by atoms with Crippen LogP contribution < -0.4 is 0 Å². The third-order valence-electron chi connectivity index (χ3n) is 5.46. The smallest absolute Gasteiger partial charge is 0.342 e. The minimum atomic E-state index is -3.72. The van der Waals surface area contributed by atoms with Crippen molar-refractivity contribution in [1.82, 2.24) is 19.2 Å². The monoisotopic (exact) mass is 538 g/mol. The Morgan fingerprint density at radius 1 is 1.15 bits per heavy atom. The molecule has 0 N–H and O–H groups in total. The van der Waals surface area contributed by atoms with Gasteiger partial charge in [0.25, 0.3) is 5.91 Å². The van der Waals surface area contributed by atoms with Crippen molar-refractivity contribution in [2.24, 2.45) is 0 Å². The molecule has 1 aromatic carbocycles. The number of rotatable bonds is 5. The predicted octanol–water partition coefficient (Wildman–Crippen LogP) is 2.99. The number of amides is 1. The van der Waals surface area contributed by atoms with Gasteiger partial charge in [0.15, 0.2) is 0 Å². The predicted molar refractivity (Wildman–Crippen MR) is 126 cm³/mol. The molecule has 1 aromatic heterocycles. The molecule has 0 radical (unpaired) electrons. The van der Waals surface area contributed by atoms with E-state index >= 15 is 0 Å². The number of nitrogens with zero attached hydrogens (tertiary/aromatic N) is 4. The third kappa shape index (κ3) is 5.10. The highest BCUT2D eigenvalue weighted by molar-refractivity contribution is 9.10. The number of benzene rings is 1. The molecular weight excluding hydrogens is 512 g/mol. The van der Waals surface area contributed by atoms with Crippen molar-refractivity contribution >= 4 is 37.8 Å². The Hall–Kier alpha value is -2.37. The fraction of sp³-hybridized carbons (Fsp3) is 0.455. The van der Waals surface area contributed by atoms with Gasteiger partial charge in [0.2, 0.25) is 10.0 Å². The number of carbonyl (C=O) groups excluding carboxylic acids is 2. The van der Waals surface area contributed by atoms with Gasteiger partial charge in [-0.3, -0.25) is 4.79 Å². The van der Waals surface area contributed by atoms with Crippen LogP contribution in [0.25, 0.3) is 0 Å². The third-order valence-corrected chi connectivity index (χ3v) is 8.02. The Balaban J connectivity index is 1.90. The molecule has 1 aliphatic rings. The first kappa shape index (κ1) is 25.3. The largest absolute Gasteiger partial charge is 0.465 e. The number of methoxy groups -OCH3 is 1. The molecule has 178 valence electrons. The van der Waals surface area contributed by atoms with Gasteiger partial charge in [-0.2, -0.15) is 4.31 Å². The van der Waals surface area contributed by atoms with Gasteiger partial charge in [-0.05, 0) is 44.0 Å². The zero-order valence-electron chi connectivity index (χ0n) is 19.2. The Bertz CT molecular complexity index is 1170. The first-order valence-corrected chi connectivity index (χ1v) is 12.7.